The highest BCUT2D eigenvalue weighted by Gasteiger charge is 2.24. The number of rotatable bonds is 4. The van der Waals surface area contributed by atoms with Crippen LogP contribution < -0.4 is 0 Å². The minimum Gasteiger partial charge on any atom is -0.396 e. The molecule has 34 heavy (non-hydrogen) atoms. The van der Waals surface area contributed by atoms with E-state index in [1.54, 1.807) is 0 Å². The van der Waals surface area contributed by atoms with Gasteiger partial charge in [-0.3, -0.25) is 0 Å². The molecular weight excluding hydrogens is 432 g/mol. The average Bonchev–Trinajstić information content (AvgIpc) is 2.82. The van der Waals surface area contributed by atoms with Crippen LogP contribution in [0.15, 0.2) is 0 Å². The molecule has 0 radical (unpaired) electrons. The molecule has 0 bridgehead atoms. The van der Waals surface area contributed by atoms with Crippen LogP contribution in [-0.4, -0.2) is 63.4 Å². The first-order chi connectivity index (χ1) is 16.5. The molecule has 6 heteroatoms. The predicted molar refractivity (Wildman–Crippen MR) is 138 cm³/mol. The lowest BCUT2D eigenvalue weighted by atomic mass is 9.77. The molecule has 1 saturated heterocycles. The van der Waals surface area contributed by atoms with Crippen molar-refractivity contribution in [3.05, 3.63) is 0 Å². The standard InChI is InChI=1S/C28H56O6/c1-23-9-5-17-31-21-33-19-7-11-25(3)28(14-16-30)26(4)12-8-20-34-22-32-18-6-10-24(2)27(23)13-15-29/h23-30H,5-22H2,1-4H3. The van der Waals surface area contributed by atoms with E-state index in [0.717, 1.165) is 90.6 Å². The van der Waals surface area contributed by atoms with E-state index < -0.39 is 0 Å². The number of hydrogen-bond donors (Lipinski definition) is 2. The fourth-order valence-electron chi connectivity index (χ4n) is 5.80. The quantitative estimate of drug-likeness (QED) is 0.533. The molecule has 1 rings (SSSR count). The van der Waals surface area contributed by atoms with E-state index in [1.807, 2.05) is 0 Å². The summed E-state index contributed by atoms with van der Waals surface area (Å²) in [5.41, 5.74) is 0. The zero-order valence-corrected chi connectivity index (χ0v) is 22.7. The lowest BCUT2D eigenvalue weighted by molar-refractivity contribution is -0.0592. The molecule has 0 aromatic carbocycles. The van der Waals surface area contributed by atoms with Crippen LogP contribution in [0.4, 0.5) is 0 Å². The molecule has 4 atom stereocenters. The van der Waals surface area contributed by atoms with Crippen molar-refractivity contribution in [3.63, 3.8) is 0 Å². The van der Waals surface area contributed by atoms with Gasteiger partial charge in [0.05, 0.1) is 0 Å². The molecule has 204 valence electrons. The molecule has 0 aromatic heterocycles. The molecule has 2 N–H and O–H groups in total. The van der Waals surface area contributed by atoms with E-state index in [1.165, 1.54) is 0 Å². The van der Waals surface area contributed by atoms with Crippen LogP contribution in [-0.2, 0) is 18.9 Å². The summed E-state index contributed by atoms with van der Waals surface area (Å²) in [5.74, 6) is 3.33. The molecule has 0 amide bonds. The highest BCUT2D eigenvalue weighted by molar-refractivity contribution is 4.74. The van der Waals surface area contributed by atoms with Gasteiger partial charge in [0.15, 0.2) is 0 Å². The van der Waals surface area contributed by atoms with E-state index in [-0.39, 0.29) is 13.2 Å². The Balaban J connectivity index is 2.53. The normalized spacial score (nSPS) is 33.7. The van der Waals surface area contributed by atoms with Gasteiger partial charge in [0.2, 0.25) is 0 Å². The van der Waals surface area contributed by atoms with Crippen LogP contribution in [0.5, 0.6) is 0 Å². The van der Waals surface area contributed by atoms with Gasteiger partial charge in [0.25, 0.3) is 0 Å². The number of aliphatic hydroxyl groups excluding tert-OH is 2. The Hall–Kier alpha value is -0.240. The first-order valence-electron chi connectivity index (χ1n) is 14.0. The third-order valence-corrected chi connectivity index (χ3v) is 7.97. The maximum atomic E-state index is 9.56. The predicted octanol–water partition coefficient (Wildman–Crippen LogP) is 5.64. The van der Waals surface area contributed by atoms with Crippen molar-refractivity contribution in [2.24, 2.45) is 35.5 Å². The minimum absolute atomic E-state index is 0.256. The lowest BCUT2D eigenvalue weighted by Crippen LogP contribution is -2.22. The largest absolute Gasteiger partial charge is 0.396 e. The van der Waals surface area contributed by atoms with Crippen molar-refractivity contribution in [3.8, 4) is 0 Å². The van der Waals surface area contributed by atoms with Crippen LogP contribution in [0, 0.1) is 35.5 Å². The lowest BCUT2D eigenvalue weighted by Gasteiger charge is -2.30. The molecule has 4 unspecified atom stereocenters. The number of hydrogen-bond acceptors (Lipinski definition) is 6. The summed E-state index contributed by atoms with van der Waals surface area (Å²) >= 11 is 0. The van der Waals surface area contributed by atoms with Gasteiger partial charge >= 0.3 is 0 Å². The second-order valence-electron chi connectivity index (χ2n) is 10.7. The Morgan fingerprint density at radius 1 is 0.500 bits per heavy atom. The molecule has 1 fully saturated rings. The van der Waals surface area contributed by atoms with Crippen molar-refractivity contribution in [1.82, 2.24) is 0 Å². The highest BCUT2D eigenvalue weighted by atomic mass is 16.7. The second kappa shape index (κ2) is 20.9. The Kier molecular flexibility index (Phi) is 19.5. The van der Waals surface area contributed by atoms with Gasteiger partial charge in [-0.1, -0.05) is 27.7 Å². The van der Waals surface area contributed by atoms with Crippen LogP contribution in [0.2, 0.25) is 0 Å². The second-order valence-corrected chi connectivity index (χ2v) is 10.7. The molecule has 0 saturated carbocycles. The summed E-state index contributed by atoms with van der Waals surface area (Å²) in [7, 11) is 0. The Bertz CT molecular complexity index is 377. The van der Waals surface area contributed by atoms with E-state index in [2.05, 4.69) is 27.7 Å². The molecular formula is C28H56O6. The summed E-state index contributed by atoms with van der Waals surface area (Å²) in [6, 6.07) is 0. The van der Waals surface area contributed by atoms with Gasteiger partial charge in [-0.15, -0.1) is 0 Å². The average molecular weight is 489 g/mol. The first-order valence-corrected chi connectivity index (χ1v) is 14.0. The van der Waals surface area contributed by atoms with Gasteiger partial charge in [-0.25, -0.2) is 0 Å². The number of aliphatic hydroxyl groups is 2. The zero-order chi connectivity index (χ0) is 25.0. The molecule has 1 aliphatic heterocycles. The SMILES string of the molecule is CC1CCCOCOCCCC(C)C(CCO)C(C)CCCOCOCCCC(C)C1CCO. The summed E-state index contributed by atoms with van der Waals surface area (Å²) in [6.45, 7) is 13.4. The Morgan fingerprint density at radius 2 is 0.765 bits per heavy atom. The number of ether oxygens (including phenoxy) is 4. The third kappa shape index (κ3) is 14.4. The molecule has 1 heterocycles. The van der Waals surface area contributed by atoms with E-state index in [0.29, 0.717) is 49.1 Å². The Labute approximate surface area is 210 Å². The van der Waals surface area contributed by atoms with Gasteiger partial charge in [-0.05, 0) is 99.7 Å². The topological polar surface area (TPSA) is 77.4 Å². The summed E-state index contributed by atoms with van der Waals surface area (Å²) in [5, 5.41) is 19.1. The van der Waals surface area contributed by atoms with Crippen molar-refractivity contribution < 1.29 is 29.2 Å². The Morgan fingerprint density at radius 3 is 1.00 bits per heavy atom. The van der Waals surface area contributed by atoms with Crippen LogP contribution in [0.1, 0.15) is 91.9 Å². The molecule has 6 nitrogen and oxygen atoms in total. The molecule has 0 aromatic rings. The summed E-state index contributed by atoms with van der Waals surface area (Å²) < 4.78 is 22.9. The smallest absolute Gasteiger partial charge is 0.146 e. The van der Waals surface area contributed by atoms with Crippen molar-refractivity contribution in [2.75, 3.05) is 53.2 Å². The van der Waals surface area contributed by atoms with Crippen LogP contribution in [0.25, 0.3) is 0 Å². The van der Waals surface area contributed by atoms with Gasteiger partial charge in [0, 0.05) is 39.6 Å². The first kappa shape index (κ1) is 31.8. The van der Waals surface area contributed by atoms with E-state index in [4.69, 9.17) is 18.9 Å². The summed E-state index contributed by atoms with van der Waals surface area (Å²) in [4.78, 5) is 0. The van der Waals surface area contributed by atoms with Crippen molar-refractivity contribution in [2.45, 2.75) is 91.9 Å². The van der Waals surface area contributed by atoms with Gasteiger partial charge in [-0.2, -0.15) is 0 Å². The molecule has 0 spiro atoms. The molecule has 0 aliphatic carbocycles. The third-order valence-electron chi connectivity index (χ3n) is 7.97. The summed E-state index contributed by atoms with van der Waals surface area (Å²) in [6.07, 6.45) is 10.3. The maximum absolute atomic E-state index is 9.56. The maximum Gasteiger partial charge on any atom is 0.146 e. The monoisotopic (exact) mass is 488 g/mol. The fraction of sp³-hybridized carbons (Fsp3) is 1.00. The van der Waals surface area contributed by atoms with Crippen LogP contribution in [0.3, 0.4) is 0 Å². The fourth-order valence-corrected chi connectivity index (χ4v) is 5.80. The van der Waals surface area contributed by atoms with Gasteiger partial charge in [0.1, 0.15) is 13.6 Å². The van der Waals surface area contributed by atoms with E-state index >= 15 is 0 Å². The highest BCUT2D eigenvalue weighted by Crippen LogP contribution is 2.32. The molecule has 1 aliphatic rings. The van der Waals surface area contributed by atoms with E-state index in [9.17, 15) is 10.2 Å². The van der Waals surface area contributed by atoms with Crippen molar-refractivity contribution >= 4 is 0 Å². The zero-order valence-electron chi connectivity index (χ0n) is 22.7. The van der Waals surface area contributed by atoms with Gasteiger partial charge < -0.3 is 29.2 Å². The van der Waals surface area contributed by atoms with Crippen molar-refractivity contribution in [1.29, 1.82) is 0 Å². The van der Waals surface area contributed by atoms with Crippen LogP contribution >= 0.6 is 0 Å². The minimum atomic E-state index is 0.256.